The Morgan fingerprint density at radius 1 is 0.611 bits per heavy atom. The Balaban J connectivity index is 0.815. The standard InChI is InChI=1S/C48H78O6/c1-28(34-14-16-36-33-13-12-30-9-7-8-22-45(30,3)37(33)21-24-47(34,36)5)10-18-42(52)54-43(53)19-11-29(2)35-15-17-38-44-39(27-41(51)48(35,38)6)46(4)23-20-32(49)25-31(46)26-40(44)50/h28-41,44,49-51H,7-27H2,1-6H3/t28-,29-,30?,31+,32-,33+,34-,35-,36+,37+,38?,39?,40?,41+,44?,45+,46+,47-,48-/m1/s1. The monoisotopic (exact) mass is 751 g/mol. The van der Waals surface area contributed by atoms with E-state index in [2.05, 4.69) is 41.5 Å². The predicted molar refractivity (Wildman–Crippen MR) is 212 cm³/mol. The number of carbonyl (C=O) groups is 2. The fourth-order valence-corrected chi connectivity index (χ4v) is 17.7. The summed E-state index contributed by atoms with van der Waals surface area (Å²) < 4.78 is 5.47. The molecule has 8 saturated carbocycles. The minimum absolute atomic E-state index is 0.0621. The average Bonchev–Trinajstić information content (AvgIpc) is 3.68. The molecule has 3 N–H and O–H groups in total. The fourth-order valence-electron chi connectivity index (χ4n) is 17.7. The third-order valence-corrected chi connectivity index (χ3v) is 20.7. The van der Waals surface area contributed by atoms with E-state index >= 15 is 0 Å². The van der Waals surface area contributed by atoms with Gasteiger partial charge < -0.3 is 20.1 Å². The molecule has 5 unspecified atom stereocenters. The van der Waals surface area contributed by atoms with Gasteiger partial charge in [0.2, 0.25) is 0 Å². The second-order valence-electron chi connectivity index (χ2n) is 22.5. The van der Waals surface area contributed by atoms with Gasteiger partial charge in [-0.3, -0.25) is 9.59 Å². The van der Waals surface area contributed by atoms with Crippen molar-refractivity contribution >= 4 is 11.9 Å². The molecule has 0 amide bonds. The SMILES string of the molecule is C[C@H](CCC(=O)OC(=O)CC[C@@H](C)[C@H]1CCC2C3C(O)C[C@@H]4C[C@H](O)CC[C@]4(C)C3C[C@H](O)[C@@]21C)[C@H]1CC[C@H]2[C@@H]3CCC4CCCC[C@]4(C)[C@H]3CC[C@]12C. The maximum atomic E-state index is 13.1. The molecule has 0 spiro atoms. The van der Waals surface area contributed by atoms with Crippen LogP contribution in [0.15, 0.2) is 0 Å². The van der Waals surface area contributed by atoms with E-state index in [0.29, 0.717) is 41.4 Å². The van der Waals surface area contributed by atoms with Crippen molar-refractivity contribution in [2.45, 2.75) is 195 Å². The van der Waals surface area contributed by atoms with Gasteiger partial charge in [0, 0.05) is 12.8 Å². The Labute approximate surface area is 328 Å². The molecule has 0 aromatic rings. The second-order valence-corrected chi connectivity index (χ2v) is 22.5. The number of hydrogen-bond donors (Lipinski definition) is 3. The normalized spacial score (nSPS) is 52.1. The van der Waals surface area contributed by atoms with Crippen molar-refractivity contribution < 1.29 is 29.6 Å². The van der Waals surface area contributed by atoms with Crippen molar-refractivity contribution in [2.24, 2.45) is 92.7 Å². The molecule has 0 aromatic carbocycles. The molecular formula is C48H78O6. The van der Waals surface area contributed by atoms with Crippen LogP contribution in [-0.2, 0) is 14.3 Å². The zero-order valence-corrected chi connectivity index (χ0v) is 35.1. The lowest BCUT2D eigenvalue weighted by molar-refractivity contribution is -0.207. The van der Waals surface area contributed by atoms with Crippen LogP contribution in [-0.4, -0.2) is 45.6 Å². The maximum absolute atomic E-state index is 13.1. The zero-order chi connectivity index (χ0) is 38.4. The molecule has 0 radical (unpaired) electrons. The second kappa shape index (κ2) is 14.7. The lowest BCUT2D eigenvalue weighted by atomic mass is 9.43. The summed E-state index contributed by atoms with van der Waals surface area (Å²) in [6, 6.07) is 0. The number of hydrogen-bond acceptors (Lipinski definition) is 6. The summed E-state index contributed by atoms with van der Waals surface area (Å²) in [4.78, 5) is 26.1. The van der Waals surface area contributed by atoms with Crippen LogP contribution in [0.25, 0.3) is 0 Å². The van der Waals surface area contributed by atoms with Crippen molar-refractivity contribution in [1.82, 2.24) is 0 Å². The highest BCUT2D eigenvalue weighted by Crippen LogP contribution is 2.70. The van der Waals surface area contributed by atoms with E-state index in [1.54, 1.807) is 0 Å². The van der Waals surface area contributed by atoms with E-state index in [1.807, 2.05) is 0 Å². The average molecular weight is 751 g/mol. The summed E-state index contributed by atoms with van der Waals surface area (Å²) in [5, 5.41) is 34.0. The number of aliphatic hydroxyl groups excluding tert-OH is 3. The lowest BCUT2D eigenvalue weighted by Gasteiger charge is -2.63. The summed E-state index contributed by atoms with van der Waals surface area (Å²) in [6.45, 7) is 14.5. The van der Waals surface area contributed by atoms with E-state index in [1.165, 1.54) is 64.2 Å². The van der Waals surface area contributed by atoms with Crippen molar-refractivity contribution in [3.8, 4) is 0 Å². The van der Waals surface area contributed by atoms with Crippen LogP contribution in [0.1, 0.15) is 176 Å². The van der Waals surface area contributed by atoms with Crippen molar-refractivity contribution in [3.05, 3.63) is 0 Å². The summed E-state index contributed by atoms with van der Waals surface area (Å²) in [7, 11) is 0. The van der Waals surface area contributed by atoms with Gasteiger partial charge >= 0.3 is 11.9 Å². The molecule has 0 heterocycles. The largest absolute Gasteiger partial charge is 0.393 e. The van der Waals surface area contributed by atoms with Gasteiger partial charge in [-0.15, -0.1) is 0 Å². The Kier molecular flexibility index (Phi) is 10.8. The smallest absolute Gasteiger partial charge is 0.313 e. The molecule has 0 aliphatic heterocycles. The molecule has 8 fully saturated rings. The van der Waals surface area contributed by atoms with Crippen LogP contribution in [0, 0.1) is 92.7 Å². The Morgan fingerprint density at radius 2 is 1.24 bits per heavy atom. The van der Waals surface area contributed by atoms with Crippen LogP contribution < -0.4 is 0 Å². The van der Waals surface area contributed by atoms with E-state index in [9.17, 15) is 24.9 Å². The number of fused-ring (bicyclic) bond motifs is 10. The Morgan fingerprint density at radius 3 is 1.98 bits per heavy atom. The molecule has 0 aromatic heterocycles. The highest BCUT2D eigenvalue weighted by molar-refractivity contribution is 5.85. The highest BCUT2D eigenvalue weighted by atomic mass is 16.6. The molecule has 306 valence electrons. The summed E-state index contributed by atoms with van der Waals surface area (Å²) in [5.41, 5.74) is 0.719. The van der Waals surface area contributed by atoms with Gasteiger partial charge in [-0.1, -0.05) is 54.4 Å². The summed E-state index contributed by atoms with van der Waals surface area (Å²) in [6.07, 6.45) is 21.1. The summed E-state index contributed by atoms with van der Waals surface area (Å²) >= 11 is 0. The number of aliphatic hydroxyl groups is 3. The van der Waals surface area contributed by atoms with Crippen molar-refractivity contribution in [3.63, 3.8) is 0 Å². The minimum atomic E-state index is -0.438. The number of rotatable bonds is 8. The Hall–Kier alpha value is -0.980. The topological polar surface area (TPSA) is 104 Å². The van der Waals surface area contributed by atoms with Gasteiger partial charge in [0.15, 0.2) is 0 Å². The van der Waals surface area contributed by atoms with Crippen molar-refractivity contribution in [2.75, 3.05) is 0 Å². The van der Waals surface area contributed by atoms with E-state index < -0.39 is 12.1 Å². The van der Waals surface area contributed by atoms with Crippen molar-refractivity contribution in [1.29, 1.82) is 0 Å². The van der Waals surface area contributed by atoms with E-state index in [4.69, 9.17) is 4.74 Å². The first-order valence-electron chi connectivity index (χ1n) is 23.4. The molecule has 8 rings (SSSR count). The molecule has 8 aliphatic rings. The third kappa shape index (κ3) is 6.33. The van der Waals surface area contributed by atoms with Gasteiger partial charge in [0.05, 0.1) is 18.3 Å². The van der Waals surface area contributed by atoms with Gasteiger partial charge in [-0.05, 0) is 202 Å². The molecule has 8 aliphatic carbocycles. The minimum Gasteiger partial charge on any atom is -0.393 e. The third-order valence-electron chi connectivity index (χ3n) is 20.7. The quantitative estimate of drug-likeness (QED) is 0.169. The number of carbonyl (C=O) groups excluding carboxylic acids is 2. The van der Waals surface area contributed by atoms with Crippen LogP contribution in [0.4, 0.5) is 0 Å². The van der Waals surface area contributed by atoms with Gasteiger partial charge in [-0.25, -0.2) is 0 Å². The van der Waals surface area contributed by atoms with E-state index in [-0.39, 0.29) is 65.0 Å². The van der Waals surface area contributed by atoms with Gasteiger partial charge in [0.25, 0.3) is 0 Å². The molecule has 0 saturated heterocycles. The molecule has 54 heavy (non-hydrogen) atoms. The molecule has 0 bridgehead atoms. The first kappa shape index (κ1) is 39.8. The predicted octanol–water partition coefficient (Wildman–Crippen LogP) is 9.90. The highest BCUT2D eigenvalue weighted by Gasteiger charge is 2.66. The molecule has 6 nitrogen and oxygen atoms in total. The first-order chi connectivity index (χ1) is 25.6. The van der Waals surface area contributed by atoms with Crippen LogP contribution in [0.5, 0.6) is 0 Å². The van der Waals surface area contributed by atoms with E-state index in [0.717, 1.165) is 75.0 Å². The Bertz CT molecular complexity index is 1400. The molecule has 19 atom stereocenters. The molecule has 6 heteroatoms. The first-order valence-corrected chi connectivity index (χ1v) is 23.4. The number of esters is 2. The number of ether oxygens (including phenoxy) is 1. The fraction of sp³-hybridized carbons (Fsp3) is 0.958. The van der Waals surface area contributed by atoms with Gasteiger partial charge in [-0.2, -0.15) is 0 Å². The lowest BCUT2D eigenvalue weighted by Crippen LogP contribution is -2.62. The maximum Gasteiger partial charge on any atom is 0.313 e. The summed E-state index contributed by atoms with van der Waals surface area (Å²) in [5.74, 6) is 5.47. The van der Waals surface area contributed by atoms with Crippen LogP contribution in [0.3, 0.4) is 0 Å². The van der Waals surface area contributed by atoms with Crippen LogP contribution in [0.2, 0.25) is 0 Å². The van der Waals surface area contributed by atoms with Crippen LogP contribution >= 0.6 is 0 Å². The van der Waals surface area contributed by atoms with Gasteiger partial charge in [0.1, 0.15) is 0 Å². The zero-order valence-electron chi connectivity index (χ0n) is 35.1. The molecular weight excluding hydrogens is 673 g/mol.